The number of ether oxygens (including phenoxy) is 1. The second-order valence-corrected chi connectivity index (χ2v) is 7.27. The van der Waals surface area contributed by atoms with E-state index in [0.717, 1.165) is 5.56 Å². The number of carbonyl (C=O) groups is 2. The minimum Gasteiger partial charge on any atom is -0.444 e. The van der Waals surface area contributed by atoms with Crippen LogP contribution in [0.2, 0.25) is 0 Å². The van der Waals surface area contributed by atoms with Crippen LogP contribution in [-0.4, -0.2) is 34.2 Å². The summed E-state index contributed by atoms with van der Waals surface area (Å²) in [6.07, 6.45) is 3.51. The zero-order valence-corrected chi connectivity index (χ0v) is 14.8. The molecule has 0 fully saturated rings. The predicted molar refractivity (Wildman–Crippen MR) is 89.0 cm³/mol. The lowest BCUT2D eigenvalue weighted by atomic mass is 9.95. The molecule has 1 aromatic heterocycles. The topological polar surface area (TPSA) is 80.3 Å². The highest BCUT2D eigenvalue weighted by atomic mass is 16.6. The van der Waals surface area contributed by atoms with Gasteiger partial charge < -0.3 is 15.4 Å². The molecule has 0 aliphatic heterocycles. The van der Waals surface area contributed by atoms with Gasteiger partial charge >= 0.3 is 6.09 Å². The maximum Gasteiger partial charge on any atom is 0.408 e. The number of alkyl carbamates (subject to hydrolysis) is 1. The zero-order chi connectivity index (χ0) is 17.7. The molecule has 0 unspecified atom stereocenters. The quantitative estimate of drug-likeness (QED) is 0.873. The first kappa shape index (κ1) is 18.9. The van der Waals surface area contributed by atoms with E-state index < -0.39 is 23.3 Å². The van der Waals surface area contributed by atoms with Crippen molar-refractivity contribution in [2.24, 2.45) is 0 Å². The number of rotatable bonds is 5. The molecule has 0 aromatic carbocycles. The lowest BCUT2D eigenvalue weighted by Crippen LogP contribution is -2.53. The third-order valence-corrected chi connectivity index (χ3v) is 2.98. The minimum absolute atomic E-state index is 0.255. The fourth-order valence-corrected chi connectivity index (χ4v) is 2.05. The van der Waals surface area contributed by atoms with E-state index in [-0.39, 0.29) is 5.91 Å². The molecule has 128 valence electrons. The lowest BCUT2D eigenvalue weighted by Gasteiger charge is -2.28. The summed E-state index contributed by atoms with van der Waals surface area (Å²) in [4.78, 5) is 27.9. The monoisotopic (exact) mass is 321 g/mol. The molecule has 23 heavy (non-hydrogen) atoms. The highest BCUT2D eigenvalue weighted by molar-refractivity contribution is 5.85. The van der Waals surface area contributed by atoms with Gasteiger partial charge in [-0.3, -0.25) is 9.78 Å². The third-order valence-electron chi connectivity index (χ3n) is 2.98. The van der Waals surface area contributed by atoms with Crippen LogP contribution in [0.25, 0.3) is 0 Å². The van der Waals surface area contributed by atoms with Gasteiger partial charge in [0.25, 0.3) is 0 Å². The van der Waals surface area contributed by atoms with Crippen molar-refractivity contribution in [2.75, 3.05) is 0 Å². The number of hydrogen-bond donors (Lipinski definition) is 2. The van der Waals surface area contributed by atoms with Gasteiger partial charge in [-0.2, -0.15) is 0 Å². The van der Waals surface area contributed by atoms with Crippen molar-refractivity contribution in [3.63, 3.8) is 0 Å². The smallest absolute Gasteiger partial charge is 0.408 e. The molecule has 0 aliphatic carbocycles. The molecule has 6 nitrogen and oxygen atoms in total. The van der Waals surface area contributed by atoms with E-state index in [2.05, 4.69) is 15.6 Å². The Labute approximate surface area is 138 Å². The Hall–Kier alpha value is -2.11. The van der Waals surface area contributed by atoms with Gasteiger partial charge in [0.05, 0.1) is 0 Å². The molecule has 6 heteroatoms. The summed E-state index contributed by atoms with van der Waals surface area (Å²) >= 11 is 0. The molecule has 1 atom stereocenters. The number of nitrogens with zero attached hydrogens (tertiary/aromatic N) is 1. The summed E-state index contributed by atoms with van der Waals surface area (Å²) in [5.41, 5.74) is 0.0430. The predicted octanol–water partition coefficient (Wildman–Crippen LogP) is 2.43. The van der Waals surface area contributed by atoms with Crippen LogP contribution in [0.15, 0.2) is 24.5 Å². The molecule has 0 saturated carbocycles. The van der Waals surface area contributed by atoms with Crippen molar-refractivity contribution in [2.45, 2.75) is 65.1 Å². The maximum absolute atomic E-state index is 12.3. The van der Waals surface area contributed by atoms with Gasteiger partial charge in [0, 0.05) is 17.9 Å². The number of nitrogens with one attached hydrogen (secondary N) is 2. The second kappa shape index (κ2) is 7.44. The molecule has 1 aromatic rings. The fraction of sp³-hybridized carbons (Fsp3) is 0.588. The van der Waals surface area contributed by atoms with E-state index >= 15 is 0 Å². The van der Waals surface area contributed by atoms with Gasteiger partial charge in [-0.15, -0.1) is 0 Å². The van der Waals surface area contributed by atoms with Crippen molar-refractivity contribution in [3.05, 3.63) is 30.1 Å². The van der Waals surface area contributed by atoms with Crippen molar-refractivity contribution in [1.29, 1.82) is 0 Å². The molecular weight excluding hydrogens is 294 g/mol. The number of amides is 2. The first-order valence-corrected chi connectivity index (χ1v) is 7.69. The van der Waals surface area contributed by atoms with Gasteiger partial charge in [0.15, 0.2) is 0 Å². The summed E-state index contributed by atoms with van der Waals surface area (Å²) in [7, 11) is 0. The van der Waals surface area contributed by atoms with E-state index in [1.165, 1.54) is 0 Å². The molecule has 0 bridgehead atoms. The fourth-order valence-electron chi connectivity index (χ4n) is 2.05. The van der Waals surface area contributed by atoms with Crippen molar-refractivity contribution in [1.82, 2.24) is 15.6 Å². The molecular formula is C17H27N3O3. The highest BCUT2D eigenvalue weighted by Gasteiger charge is 2.26. The lowest BCUT2D eigenvalue weighted by molar-refractivity contribution is -0.124. The van der Waals surface area contributed by atoms with Crippen LogP contribution in [0.4, 0.5) is 4.79 Å². The largest absolute Gasteiger partial charge is 0.444 e. The van der Waals surface area contributed by atoms with Crippen molar-refractivity contribution < 1.29 is 14.3 Å². The van der Waals surface area contributed by atoms with Crippen molar-refractivity contribution >= 4 is 12.0 Å². The van der Waals surface area contributed by atoms with Crippen LogP contribution in [-0.2, 0) is 16.0 Å². The van der Waals surface area contributed by atoms with Gasteiger partial charge in [0.1, 0.15) is 11.6 Å². The van der Waals surface area contributed by atoms with Crippen LogP contribution in [0.3, 0.4) is 0 Å². The summed E-state index contributed by atoms with van der Waals surface area (Å²) in [5.74, 6) is -0.255. The molecule has 1 heterocycles. The van der Waals surface area contributed by atoms with Gasteiger partial charge in [-0.05, 0) is 65.7 Å². The summed E-state index contributed by atoms with van der Waals surface area (Å²) < 4.78 is 5.15. The second-order valence-electron chi connectivity index (χ2n) is 7.27. The number of carbonyl (C=O) groups excluding carboxylic acids is 2. The zero-order valence-electron chi connectivity index (χ0n) is 14.8. The Morgan fingerprint density at radius 1 is 1.17 bits per heavy atom. The highest BCUT2D eigenvalue weighted by Crippen LogP contribution is 2.12. The van der Waals surface area contributed by atoms with Crippen molar-refractivity contribution in [3.8, 4) is 0 Å². The molecule has 0 radical (unpaired) electrons. The summed E-state index contributed by atoms with van der Waals surface area (Å²) in [6.45, 7) is 10.8. The average molecular weight is 321 g/mol. The van der Waals surface area contributed by atoms with Crippen LogP contribution < -0.4 is 10.6 Å². The molecule has 1 rings (SSSR count). The normalized spacial score (nSPS) is 13.1. The number of aromatic nitrogens is 1. The minimum atomic E-state index is -0.679. The van der Waals surface area contributed by atoms with Crippen LogP contribution in [0.1, 0.15) is 47.1 Å². The SMILES string of the molecule is C[C@H](NC(=O)OC(C)(C)C)C(=O)NC(C)(C)Cc1ccncc1. The number of pyridine rings is 1. The Balaban J connectivity index is 2.55. The maximum atomic E-state index is 12.3. The van der Waals surface area contributed by atoms with Crippen LogP contribution in [0.5, 0.6) is 0 Å². The van der Waals surface area contributed by atoms with Gasteiger partial charge in [0.2, 0.25) is 5.91 Å². The van der Waals surface area contributed by atoms with E-state index in [0.29, 0.717) is 6.42 Å². The first-order chi connectivity index (χ1) is 10.5. The number of hydrogen-bond acceptors (Lipinski definition) is 4. The van der Waals surface area contributed by atoms with E-state index in [4.69, 9.17) is 4.74 Å². The first-order valence-electron chi connectivity index (χ1n) is 7.69. The van der Waals surface area contributed by atoms with Gasteiger partial charge in [-0.25, -0.2) is 4.79 Å². The molecule has 2 N–H and O–H groups in total. The van der Waals surface area contributed by atoms with E-state index in [9.17, 15) is 9.59 Å². The summed E-state index contributed by atoms with van der Waals surface area (Å²) in [6, 6.07) is 3.15. The van der Waals surface area contributed by atoms with Crippen LogP contribution in [0, 0.1) is 0 Å². The van der Waals surface area contributed by atoms with E-state index in [1.807, 2.05) is 26.0 Å². The Morgan fingerprint density at radius 3 is 2.26 bits per heavy atom. The van der Waals surface area contributed by atoms with Crippen LogP contribution >= 0.6 is 0 Å². The summed E-state index contributed by atoms with van der Waals surface area (Å²) in [5, 5.41) is 5.48. The third kappa shape index (κ3) is 7.63. The van der Waals surface area contributed by atoms with Gasteiger partial charge in [-0.1, -0.05) is 0 Å². The standard InChI is InChI=1S/C17H27N3O3/c1-12(19-15(22)23-16(2,3)4)14(21)20-17(5,6)11-13-7-9-18-10-8-13/h7-10,12H,11H2,1-6H3,(H,19,22)(H,20,21)/t12-/m0/s1. The van der Waals surface area contributed by atoms with E-state index in [1.54, 1.807) is 40.1 Å². The molecule has 0 aliphatic rings. The average Bonchev–Trinajstić information content (AvgIpc) is 2.36. The Morgan fingerprint density at radius 2 is 1.74 bits per heavy atom. The molecule has 0 spiro atoms. The Bertz CT molecular complexity index is 536. The molecule has 0 saturated heterocycles. The molecule has 2 amide bonds. The Kier molecular flexibility index (Phi) is 6.12.